The lowest BCUT2D eigenvalue weighted by atomic mass is 10.1. The average molecular weight is 348 g/mol. The lowest BCUT2D eigenvalue weighted by molar-refractivity contribution is 0.0388. The number of amides is 3. The summed E-state index contributed by atoms with van der Waals surface area (Å²) in [7, 11) is 0. The molecule has 0 saturated carbocycles. The fraction of sp³-hybridized carbons (Fsp3) is 0.556. The number of ether oxygens (including phenoxy) is 1. The topological polar surface area (TPSA) is 82.7 Å². The molecular weight excluding hydrogens is 320 g/mol. The Kier molecular flexibility index (Phi) is 6.78. The minimum atomic E-state index is -0.343. The molecule has 0 aromatic heterocycles. The standard InChI is InChI=1S/C18H28N4O3/c1-18(2,3)21-16(23)14-6-4-5-7-15(14)20-17(24)19-8-9-22-10-12-25-13-11-22/h4-7H,8-13H2,1-3H3,(H,21,23)(H2,19,20,24). The first-order valence-corrected chi connectivity index (χ1v) is 8.62. The minimum absolute atomic E-state index is 0.211. The van der Waals surface area contributed by atoms with E-state index in [1.165, 1.54) is 0 Å². The third kappa shape index (κ3) is 6.72. The number of nitrogens with zero attached hydrogens (tertiary/aromatic N) is 1. The molecule has 0 bridgehead atoms. The zero-order valence-electron chi connectivity index (χ0n) is 15.2. The van der Waals surface area contributed by atoms with Crippen molar-refractivity contribution < 1.29 is 14.3 Å². The van der Waals surface area contributed by atoms with E-state index in [9.17, 15) is 9.59 Å². The number of morpholine rings is 1. The van der Waals surface area contributed by atoms with Crippen LogP contribution in [0.1, 0.15) is 31.1 Å². The number of carbonyl (C=O) groups is 2. The Labute approximate surface area is 149 Å². The van der Waals surface area contributed by atoms with Crippen LogP contribution in [0.5, 0.6) is 0 Å². The maximum atomic E-state index is 12.4. The van der Waals surface area contributed by atoms with Crippen molar-refractivity contribution in [2.24, 2.45) is 0 Å². The zero-order valence-corrected chi connectivity index (χ0v) is 15.2. The van der Waals surface area contributed by atoms with Crippen LogP contribution in [-0.4, -0.2) is 61.8 Å². The fourth-order valence-electron chi connectivity index (χ4n) is 2.52. The molecule has 1 saturated heterocycles. The van der Waals surface area contributed by atoms with Gasteiger partial charge in [-0.2, -0.15) is 0 Å². The van der Waals surface area contributed by atoms with Crippen molar-refractivity contribution in [1.82, 2.24) is 15.5 Å². The molecule has 0 spiro atoms. The van der Waals surface area contributed by atoms with Gasteiger partial charge in [-0.25, -0.2) is 4.79 Å². The highest BCUT2D eigenvalue weighted by molar-refractivity contribution is 6.03. The SMILES string of the molecule is CC(C)(C)NC(=O)c1ccccc1NC(=O)NCCN1CCOCC1. The van der Waals surface area contributed by atoms with Gasteiger partial charge in [0.2, 0.25) is 0 Å². The van der Waals surface area contributed by atoms with Crippen LogP contribution in [-0.2, 0) is 4.74 Å². The molecule has 3 amide bonds. The molecule has 7 nitrogen and oxygen atoms in total. The van der Waals surface area contributed by atoms with E-state index < -0.39 is 0 Å². The quantitative estimate of drug-likeness (QED) is 0.756. The van der Waals surface area contributed by atoms with Crippen molar-refractivity contribution in [1.29, 1.82) is 0 Å². The van der Waals surface area contributed by atoms with Gasteiger partial charge >= 0.3 is 6.03 Å². The lowest BCUT2D eigenvalue weighted by Crippen LogP contribution is -2.42. The van der Waals surface area contributed by atoms with Gasteiger partial charge in [-0.1, -0.05) is 12.1 Å². The van der Waals surface area contributed by atoms with E-state index in [1.807, 2.05) is 20.8 Å². The fourth-order valence-corrected chi connectivity index (χ4v) is 2.52. The van der Waals surface area contributed by atoms with Crippen molar-refractivity contribution in [3.63, 3.8) is 0 Å². The van der Waals surface area contributed by atoms with Gasteiger partial charge in [0.05, 0.1) is 24.5 Å². The summed E-state index contributed by atoms with van der Waals surface area (Å²) in [5.41, 5.74) is 0.596. The summed E-state index contributed by atoms with van der Waals surface area (Å²) in [6.45, 7) is 10.3. The van der Waals surface area contributed by atoms with Crippen LogP contribution in [0.25, 0.3) is 0 Å². The Morgan fingerprint density at radius 3 is 2.52 bits per heavy atom. The highest BCUT2D eigenvalue weighted by Gasteiger charge is 2.18. The maximum absolute atomic E-state index is 12.4. The van der Waals surface area contributed by atoms with Crippen molar-refractivity contribution in [2.45, 2.75) is 26.3 Å². The Balaban J connectivity index is 1.86. The maximum Gasteiger partial charge on any atom is 0.319 e. The summed E-state index contributed by atoms with van der Waals surface area (Å²) >= 11 is 0. The van der Waals surface area contributed by atoms with Crippen LogP contribution in [0.3, 0.4) is 0 Å². The molecule has 1 aliphatic heterocycles. The monoisotopic (exact) mass is 348 g/mol. The van der Waals surface area contributed by atoms with E-state index >= 15 is 0 Å². The predicted octanol–water partition coefficient (Wildman–Crippen LogP) is 1.67. The second-order valence-corrected chi connectivity index (χ2v) is 7.08. The van der Waals surface area contributed by atoms with Crippen molar-refractivity contribution in [2.75, 3.05) is 44.7 Å². The molecule has 25 heavy (non-hydrogen) atoms. The third-order valence-electron chi connectivity index (χ3n) is 3.73. The van der Waals surface area contributed by atoms with E-state index in [-0.39, 0.29) is 17.5 Å². The molecule has 0 aliphatic carbocycles. The number of urea groups is 1. The summed E-state index contributed by atoms with van der Waals surface area (Å²) in [6, 6.07) is 6.67. The number of para-hydroxylation sites is 1. The second-order valence-electron chi connectivity index (χ2n) is 7.08. The van der Waals surface area contributed by atoms with Crippen LogP contribution in [0.15, 0.2) is 24.3 Å². The molecule has 0 unspecified atom stereocenters. The average Bonchev–Trinajstić information content (AvgIpc) is 2.54. The number of nitrogens with one attached hydrogen (secondary N) is 3. The van der Waals surface area contributed by atoms with Gasteiger partial charge in [0.25, 0.3) is 5.91 Å². The van der Waals surface area contributed by atoms with Gasteiger partial charge in [-0.05, 0) is 32.9 Å². The normalized spacial score (nSPS) is 15.5. The van der Waals surface area contributed by atoms with E-state index in [4.69, 9.17) is 4.74 Å². The first kappa shape index (κ1) is 19.2. The zero-order chi connectivity index (χ0) is 18.3. The van der Waals surface area contributed by atoms with E-state index in [2.05, 4.69) is 20.9 Å². The Bertz CT molecular complexity index is 592. The predicted molar refractivity (Wildman–Crippen MR) is 97.9 cm³/mol. The Morgan fingerprint density at radius 1 is 1.16 bits per heavy atom. The van der Waals surface area contributed by atoms with Crippen molar-refractivity contribution >= 4 is 17.6 Å². The van der Waals surface area contributed by atoms with E-state index in [1.54, 1.807) is 24.3 Å². The van der Waals surface area contributed by atoms with Crippen LogP contribution < -0.4 is 16.0 Å². The highest BCUT2D eigenvalue weighted by atomic mass is 16.5. The molecule has 138 valence electrons. The molecule has 3 N–H and O–H groups in total. The van der Waals surface area contributed by atoms with E-state index in [0.717, 1.165) is 32.8 Å². The van der Waals surface area contributed by atoms with E-state index in [0.29, 0.717) is 17.8 Å². The number of hydrogen-bond donors (Lipinski definition) is 3. The van der Waals surface area contributed by atoms with Gasteiger partial charge in [0, 0.05) is 31.7 Å². The van der Waals surface area contributed by atoms with Gasteiger partial charge < -0.3 is 20.7 Å². The van der Waals surface area contributed by atoms with Gasteiger partial charge in [0.15, 0.2) is 0 Å². The number of anilines is 1. The molecule has 1 heterocycles. The van der Waals surface area contributed by atoms with Crippen LogP contribution in [0, 0.1) is 0 Å². The summed E-state index contributed by atoms with van der Waals surface area (Å²) < 4.78 is 5.30. The van der Waals surface area contributed by atoms with Crippen LogP contribution in [0.4, 0.5) is 10.5 Å². The van der Waals surface area contributed by atoms with Crippen molar-refractivity contribution in [3.05, 3.63) is 29.8 Å². The van der Waals surface area contributed by atoms with Gasteiger partial charge in [-0.15, -0.1) is 0 Å². The molecule has 1 aromatic rings. The summed E-state index contributed by atoms with van der Waals surface area (Å²) in [6.07, 6.45) is 0. The summed E-state index contributed by atoms with van der Waals surface area (Å²) in [4.78, 5) is 26.7. The molecule has 0 atom stereocenters. The van der Waals surface area contributed by atoms with Crippen molar-refractivity contribution in [3.8, 4) is 0 Å². The Morgan fingerprint density at radius 2 is 1.84 bits per heavy atom. The van der Waals surface area contributed by atoms with Crippen LogP contribution >= 0.6 is 0 Å². The molecule has 1 fully saturated rings. The number of rotatable bonds is 5. The lowest BCUT2D eigenvalue weighted by Gasteiger charge is -2.26. The summed E-state index contributed by atoms with van der Waals surface area (Å²) in [5.74, 6) is -0.211. The first-order valence-electron chi connectivity index (χ1n) is 8.62. The molecule has 2 rings (SSSR count). The number of carbonyl (C=O) groups excluding carboxylic acids is 2. The van der Waals surface area contributed by atoms with Gasteiger partial charge in [-0.3, -0.25) is 9.69 Å². The molecule has 7 heteroatoms. The second kappa shape index (κ2) is 8.82. The molecule has 1 aromatic carbocycles. The minimum Gasteiger partial charge on any atom is -0.379 e. The first-order chi connectivity index (χ1) is 11.8. The smallest absolute Gasteiger partial charge is 0.319 e. The molecular formula is C18H28N4O3. The van der Waals surface area contributed by atoms with Gasteiger partial charge in [0.1, 0.15) is 0 Å². The van der Waals surface area contributed by atoms with Crippen LogP contribution in [0.2, 0.25) is 0 Å². The Hall–Kier alpha value is -2.12. The number of hydrogen-bond acceptors (Lipinski definition) is 4. The highest BCUT2D eigenvalue weighted by Crippen LogP contribution is 2.16. The summed E-state index contributed by atoms with van der Waals surface area (Å²) in [5, 5.41) is 8.50. The number of benzene rings is 1. The molecule has 1 aliphatic rings. The third-order valence-corrected chi connectivity index (χ3v) is 3.73. The largest absolute Gasteiger partial charge is 0.379 e. The molecule has 0 radical (unpaired) electrons.